The fourth-order valence-electron chi connectivity index (χ4n) is 2.14. The lowest BCUT2D eigenvalue weighted by atomic mass is 10.1. The van der Waals surface area contributed by atoms with Crippen LogP contribution in [0.3, 0.4) is 0 Å². The molecule has 0 aromatic carbocycles. The minimum absolute atomic E-state index is 0.693. The lowest BCUT2D eigenvalue weighted by Crippen LogP contribution is -2.29. The summed E-state index contributed by atoms with van der Waals surface area (Å²) in [6.45, 7) is 9.80. The van der Waals surface area contributed by atoms with Gasteiger partial charge in [-0.2, -0.15) is 0 Å². The first-order valence-corrected chi connectivity index (χ1v) is 8.16. The summed E-state index contributed by atoms with van der Waals surface area (Å²) in [5.74, 6) is 0. The Labute approximate surface area is 115 Å². The predicted octanol–water partition coefficient (Wildman–Crippen LogP) is 4.53. The summed E-state index contributed by atoms with van der Waals surface area (Å²) in [6.07, 6.45) is 11.6. The summed E-state index contributed by atoms with van der Waals surface area (Å²) in [6, 6.07) is 0.693. The van der Waals surface area contributed by atoms with Gasteiger partial charge in [0.15, 0.2) is 0 Å². The molecule has 0 saturated heterocycles. The molecule has 0 spiro atoms. The number of hydrogen-bond acceptors (Lipinski definition) is 2. The molecule has 0 bridgehead atoms. The Balaban J connectivity index is 3.17. The molecule has 0 aromatic rings. The van der Waals surface area contributed by atoms with Crippen molar-refractivity contribution in [3.63, 3.8) is 0 Å². The number of unbranched alkanes of at least 4 members (excludes halogenated alkanes) is 4. The molecule has 0 aliphatic carbocycles. The van der Waals surface area contributed by atoms with E-state index in [2.05, 4.69) is 26.1 Å². The van der Waals surface area contributed by atoms with Gasteiger partial charge in [-0.3, -0.25) is 0 Å². The molecule has 0 radical (unpaired) electrons. The fraction of sp³-hybridized carbons (Fsp3) is 1.00. The van der Waals surface area contributed by atoms with Gasteiger partial charge in [-0.05, 0) is 38.6 Å². The van der Waals surface area contributed by atoms with Gasteiger partial charge in [-0.15, -0.1) is 0 Å². The second kappa shape index (κ2) is 15.0. The van der Waals surface area contributed by atoms with Crippen molar-refractivity contribution in [3.05, 3.63) is 0 Å². The minimum Gasteiger partial charge on any atom is -0.381 e. The highest BCUT2D eigenvalue weighted by Crippen LogP contribution is 2.04. The molecule has 0 amide bonds. The topological polar surface area (TPSA) is 21.3 Å². The summed E-state index contributed by atoms with van der Waals surface area (Å²) in [4.78, 5) is 0. The average molecular weight is 257 g/mol. The van der Waals surface area contributed by atoms with Gasteiger partial charge in [0.25, 0.3) is 0 Å². The smallest absolute Gasteiger partial charge is 0.0466 e. The van der Waals surface area contributed by atoms with Crippen LogP contribution in [0.5, 0.6) is 0 Å². The van der Waals surface area contributed by atoms with Gasteiger partial charge in [-0.25, -0.2) is 0 Å². The first kappa shape index (κ1) is 17.9. The molecular weight excluding hydrogens is 222 g/mol. The first-order valence-electron chi connectivity index (χ1n) is 8.16. The molecule has 0 aliphatic rings. The Bertz CT molecular complexity index is 150. The van der Waals surface area contributed by atoms with Crippen LogP contribution in [0.25, 0.3) is 0 Å². The molecule has 1 atom stereocenters. The molecule has 0 aromatic heterocycles. The molecule has 18 heavy (non-hydrogen) atoms. The molecule has 2 heteroatoms. The van der Waals surface area contributed by atoms with E-state index in [1.54, 1.807) is 0 Å². The fourth-order valence-corrected chi connectivity index (χ4v) is 2.14. The van der Waals surface area contributed by atoms with Crippen molar-refractivity contribution < 1.29 is 4.74 Å². The van der Waals surface area contributed by atoms with Crippen molar-refractivity contribution in [2.75, 3.05) is 19.8 Å². The Kier molecular flexibility index (Phi) is 14.9. The van der Waals surface area contributed by atoms with Crippen LogP contribution in [0.1, 0.15) is 78.6 Å². The van der Waals surface area contributed by atoms with E-state index in [4.69, 9.17) is 4.74 Å². The van der Waals surface area contributed by atoms with Crippen LogP contribution in [0.4, 0.5) is 0 Å². The van der Waals surface area contributed by atoms with Crippen molar-refractivity contribution in [1.82, 2.24) is 5.32 Å². The zero-order chi connectivity index (χ0) is 13.5. The highest BCUT2D eigenvalue weighted by molar-refractivity contribution is 4.64. The van der Waals surface area contributed by atoms with E-state index in [0.717, 1.165) is 19.8 Å². The van der Waals surface area contributed by atoms with Gasteiger partial charge >= 0.3 is 0 Å². The van der Waals surface area contributed by atoms with Crippen molar-refractivity contribution in [2.24, 2.45) is 0 Å². The maximum atomic E-state index is 5.69. The monoisotopic (exact) mass is 257 g/mol. The molecule has 1 N–H and O–H groups in total. The lowest BCUT2D eigenvalue weighted by Gasteiger charge is -2.16. The van der Waals surface area contributed by atoms with Crippen LogP contribution in [0.15, 0.2) is 0 Å². The summed E-state index contributed by atoms with van der Waals surface area (Å²) < 4.78 is 5.69. The van der Waals surface area contributed by atoms with Crippen LogP contribution in [0, 0.1) is 0 Å². The van der Waals surface area contributed by atoms with Crippen LogP contribution in [0.2, 0.25) is 0 Å². The van der Waals surface area contributed by atoms with E-state index in [0.29, 0.717) is 6.04 Å². The Morgan fingerprint density at radius 2 is 1.56 bits per heavy atom. The maximum Gasteiger partial charge on any atom is 0.0466 e. The van der Waals surface area contributed by atoms with E-state index >= 15 is 0 Å². The van der Waals surface area contributed by atoms with Crippen LogP contribution in [-0.4, -0.2) is 25.8 Å². The zero-order valence-corrected chi connectivity index (χ0v) is 13.0. The SMILES string of the molecule is CCCCCCCOCCCC(CC)NCCC. The van der Waals surface area contributed by atoms with Crippen LogP contribution >= 0.6 is 0 Å². The lowest BCUT2D eigenvalue weighted by molar-refractivity contribution is 0.124. The van der Waals surface area contributed by atoms with Crippen molar-refractivity contribution in [1.29, 1.82) is 0 Å². The highest BCUT2D eigenvalue weighted by atomic mass is 16.5. The maximum absolute atomic E-state index is 5.69. The summed E-state index contributed by atoms with van der Waals surface area (Å²) >= 11 is 0. The molecule has 0 saturated carbocycles. The van der Waals surface area contributed by atoms with Crippen molar-refractivity contribution in [3.8, 4) is 0 Å². The van der Waals surface area contributed by atoms with E-state index in [-0.39, 0.29) is 0 Å². The number of ether oxygens (including phenoxy) is 1. The Morgan fingerprint density at radius 1 is 0.833 bits per heavy atom. The van der Waals surface area contributed by atoms with Crippen molar-refractivity contribution >= 4 is 0 Å². The summed E-state index contributed by atoms with van der Waals surface area (Å²) in [7, 11) is 0. The van der Waals surface area contributed by atoms with E-state index in [9.17, 15) is 0 Å². The quantitative estimate of drug-likeness (QED) is 0.462. The Hall–Kier alpha value is -0.0800. The van der Waals surface area contributed by atoms with Gasteiger partial charge in [0.2, 0.25) is 0 Å². The molecule has 0 rings (SSSR count). The third-order valence-corrected chi connectivity index (χ3v) is 3.41. The average Bonchev–Trinajstić information content (AvgIpc) is 2.40. The third-order valence-electron chi connectivity index (χ3n) is 3.41. The standard InChI is InChI=1S/C16H35NO/c1-4-7-8-9-10-14-18-15-11-12-16(6-3)17-13-5-2/h16-17H,4-15H2,1-3H3. The van der Waals surface area contributed by atoms with Gasteiger partial charge in [0.1, 0.15) is 0 Å². The van der Waals surface area contributed by atoms with Gasteiger partial charge < -0.3 is 10.1 Å². The van der Waals surface area contributed by atoms with Crippen LogP contribution in [-0.2, 0) is 4.74 Å². The van der Waals surface area contributed by atoms with Crippen LogP contribution < -0.4 is 5.32 Å². The third kappa shape index (κ3) is 12.4. The molecular formula is C16H35NO. The highest BCUT2D eigenvalue weighted by Gasteiger charge is 2.03. The van der Waals surface area contributed by atoms with Gasteiger partial charge in [0.05, 0.1) is 0 Å². The molecule has 2 nitrogen and oxygen atoms in total. The second-order valence-electron chi connectivity index (χ2n) is 5.23. The predicted molar refractivity (Wildman–Crippen MR) is 81.2 cm³/mol. The molecule has 0 fully saturated rings. The first-order chi connectivity index (χ1) is 8.85. The van der Waals surface area contributed by atoms with Gasteiger partial charge in [-0.1, -0.05) is 46.5 Å². The number of rotatable bonds is 14. The summed E-state index contributed by atoms with van der Waals surface area (Å²) in [5.41, 5.74) is 0. The van der Waals surface area contributed by atoms with Crippen molar-refractivity contribution in [2.45, 2.75) is 84.6 Å². The summed E-state index contributed by atoms with van der Waals surface area (Å²) in [5, 5.41) is 3.59. The van der Waals surface area contributed by atoms with Gasteiger partial charge in [0, 0.05) is 19.3 Å². The number of hydrogen-bond donors (Lipinski definition) is 1. The normalized spacial score (nSPS) is 12.8. The largest absolute Gasteiger partial charge is 0.381 e. The molecule has 1 unspecified atom stereocenters. The van der Waals surface area contributed by atoms with E-state index in [1.165, 1.54) is 57.8 Å². The number of nitrogens with one attached hydrogen (secondary N) is 1. The molecule has 110 valence electrons. The molecule has 0 aliphatic heterocycles. The Morgan fingerprint density at radius 3 is 2.22 bits per heavy atom. The van der Waals surface area contributed by atoms with E-state index in [1.807, 2.05) is 0 Å². The molecule has 0 heterocycles. The zero-order valence-electron chi connectivity index (χ0n) is 13.0. The second-order valence-corrected chi connectivity index (χ2v) is 5.23. The van der Waals surface area contributed by atoms with E-state index < -0.39 is 0 Å². The minimum atomic E-state index is 0.693.